The first kappa shape index (κ1) is 14.1. The Morgan fingerprint density at radius 3 is 2.50 bits per heavy atom. The topological polar surface area (TPSA) is 57.4 Å². The maximum atomic E-state index is 13.2. The molecular weight excluding hydrogens is 287 g/mol. The van der Waals surface area contributed by atoms with Gasteiger partial charge in [0.1, 0.15) is 5.82 Å². The summed E-state index contributed by atoms with van der Waals surface area (Å²) in [5, 5.41) is 3.92. The Balaban J connectivity index is 1.97. The zero-order chi connectivity index (χ0) is 15.5. The zero-order valence-electron chi connectivity index (χ0n) is 12.0. The molecule has 3 rings (SSSR count). The summed E-state index contributed by atoms with van der Waals surface area (Å²) < 4.78 is 28.9. The molecule has 0 amide bonds. The molecule has 2 aromatic carbocycles. The molecule has 0 fully saturated rings. The average Bonchev–Trinajstić information content (AvgIpc) is 3.04. The van der Waals surface area contributed by atoms with Crippen molar-refractivity contribution in [2.45, 2.75) is 0 Å². The van der Waals surface area contributed by atoms with Crippen molar-refractivity contribution in [2.24, 2.45) is 0 Å². The molecule has 1 aromatic heterocycles. The van der Waals surface area contributed by atoms with Gasteiger partial charge in [0.25, 0.3) is 5.89 Å². The minimum Gasteiger partial charge on any atom is -0.493 e. The van der Waals surface area contributed by atoms with Gasteiger partial charge >= 0.3 is 0 Å². The number of hydrogen-bond donors (Lipinski definition) is 0. The van der Waals surface area contributed by atoms with Gasteiger partial charge in [-0.2, -0.15) is 4.98 Å². The van der Waals surface area contributed by atoms with Crippen LogP contribution in [0.4, 0.5) is 4.39 Å². The van der Waals surface area contributed by atoms with E-state index in [4.69, 9.17) is 14.0 Å². The zero-order valence-corrected chi connectivity index (χ0v) is 12.0. The van der Waals surface area contributed by atoms with E-state index in [0.717, 1.165) is 0 Å². The van der Waals surface area contributed by atoms with Gasteiger partial charge in [0.15, 0.2) is 11.5 Å². The summed E-state index contributed by atoms with van der Waals surface area (Å²) in [5.41, 5.74) is 1.24. The first-order valence-electron chi connectivity index (χ1n) is 6.53. The summed E-state index contributed by atoms with van der Waals surface area (Å²) in [6.07, 6.45) is 0. The van der Waals surface area contributed by atoms with Crippen molar-refractivity contribution in [3.8, 4) is 34.3 Å². The minimum atomic E-state index is -0.358. The summed E-state index contributed by atoms with van der Waals surface area (Å²) in [6, 6.07) is 11.3. The lowest BCUT2D eigenvalue weighted by molar-refractivity contribution is 0.355. The molecule has 22 heavy (non-hydrogen) atoms. The van der Waals surface area contributed by atoms with Crippen LogP contribution >= 0.6 is 0 Å². The molecule has 0 atom stereocenters. The van der Waals surface area contributed by atoms with Crippen molar-refractivity contribution < 1.29 is 18.4 Å². The molecule has 0 aliphatic heterocycles. The van der Waals surface area contributed by atoms with Crippen LogP contribution < -0.4 is 9.47 Å². The molecule has 0 aliphatic carbocycles. The van der Waals surface area contributed by atoms with Crippen LogP contribution in [0, 0.1) is 5.82 Å². The third kappa shape index (κ3) is 2.63. The predicted octanol–water partition coefficient (Wildman–Crippen LogP) is 3.56. The number of rotatable bonds is 4. The number of ether oxygens (including phenoxy) is 2. The summed E-state index contributed by atoms with van der Waals surface area (Å²) >= 11 is 0. The van der Waals surface area contributed by atoms with E-state index in [9.17, 15) is 4.39 Å². The van der Waals surface area contributed by atoms with Crippen molar-refractivity contribution >= 4 is 0 Å². The normalized spacial score (nSPS) is 10.5. The average molecular weight is 300 g/mol. The lowest BCUT2D eigenvalue weighted by Gasteiger charge is -2.07. The Bertz CT molecular complexity index is 802. The van der Waals surface area contributed by atoms with Crippen LogP contribution in [0.25, 0.3) is 22.8 Å². The summed E-state index contributed by atoms with van der Waals surface area (Å²) in [7, 11) is 3.12. The third-order valence-corrected chi connectivity index (χ3v) is 3.14. The van der Waals surface area contributed by atoms with Gasteiger partial charge in [-0.25, -0.2) is 4.39 Å². The molecule has 0 saturated heterocycles. The monoisotopic (exact) mass is 300 g/mol. The van der Waals surface area contributed by atoms with E-state index in [0.29, 0.717) is 28.5 Å². The highest BCUT2D eigenvalue weighted by atomic mass is 19.1. The number of hydrogen-bond acceptors (Lipinski definition) is 5. The van der Waals surface area contributed by atoms with E-state index in [1.54, 1.807) is 44.6 Å². The van der Waals surface area contributed by atoms with Crippen LogP contribution in [0.2, 0.25) is 0 Å². The number of benzene rings is 2. The minimum absolute atomic E-state index is 0.254. The number of methoxy groups -OCH3 is 2. The molecule has 0 unspecified atom stereocenters. The lowest BCUT2D eigenvalue weighted by atomic mass is 10.2. The van der Waals surface area contributed by atoms with E-state index in [2.05, 4.69) is 10.1 Å². The van der Waals surface area contributed by atoms with Crippen molar-refractivity contribution in [3.63, 3.8) is 0 Å². The van der Waals surface area contributed by atoms with Gasteiger partial charge < -0.3 is 14.0 Å². The van der Waals surface area contributed by atoms with E-state index < -0.39 is 0 Å². The fourth-order valence-electron chi connectivity index (χ4n) is 2.05. The van der Waals surface area contributed by atoms with Gasteiger partial charge in [-0.1, -0.05) is 11.2 Å². The second-order valence-corrected chi connectivity index (χ2v) is 4.50. The Morgan fingerprint density at radius 2 is 1.77 bits per heavy atom. The second-order valence-electron chi connectivity index (χ2n) is 4.50. The second kappa shape index (κ2) is 5.85. The highest BCUT2D eigenvalue weighted by molar-refractivity contribution is 5.63. The third-order valence-electron chi connectivity index (χ3n) is 3.14. The van der Waals surface area contributed by atoms with Gasteiger partial charge in [-0.3, -0.25) is 0 Å². The first-order chi connectivity index (χ1) is 10.7. The van der Waals surface area contributed by atoms with Crippen LogP contribution in [0.5, 0.6) is 11.5 Å². The van der Waals surface area contributed by atoms with Crippen molar-refractivity contribution in [1.82, 2.24) is 10.1 Å². The molecule has 3 aromatic rings. The Labute approximate surface area is 126 Å². The molecule has 0 saturated carbocycles. The van der Waals surface area contributed by atoms with Gasteiger partial charge in [0.05, 0.1) is 14.2 Å². The van der Waals surface area contributed by atoms with Crippen LogP contribution in [-0.4, -0.2) is 24.4 Å². The number of aromatic nitrogens is 2. The molecule has 1 heterocycles. The standard InChI is InChI=1S/C16H13FN2O3/c1-20-13-7-6-10(9-14(13)21-2)15-18-16(22-19-15)11-4-3-5-12(17)8-11/h3-9H,1-2H3. The van der Waals surface area contributed by atoms with Gasteiger partial charge in [0.2, 0.25) is 5.82 Å². The Kier molecular flexibility index (Phi) is 3.74. The van der Waals surface area contributed by atoms with Crippen molar-refractivity contribution in [1.29, 1.82) is 0 Å². The van der Waals surface area contributed by atoms with Crippen molar-refractivity contribution in [2.75, 3.05) is 14.2 Å². The van der Waals surface area contributed by atoms with Crippen LogP contribution in [0.1, 0.15) is 0 Å². The molecule has 0 radical (unpaired) electrons. The highest BCUT2D eigenvalue weighted by Gasteiger charge is 2.13. The maximum Gasteiger partial charge on any atom is 0.258 e. The SMILES string of the molecule is COc1ccc(-c2noc(-c3cccc(F)c3)n2)cc1OC. The van der Waals surface area contributed by atoms with Crippen LogP contribution in [-0.2, 0) is 0 Å². The molecule has 6 heteroatoms. The Hall–Kier alpha value is -2.89. The van der Waals surface area contributed by atoms with E-state index in [1.165, 1.54) is 12.1 Å². The predicted molar refractivity (Wildman–Crippen MR) is 78.2 cm³/mol. The van der Waals surface area contributed by atoms with Crippen LogP contribution in [0.15, 0.2) is 47.0 Å². The van der Waals surface area contributed by atoms with E-state index in [-0.39, 0.29) is 11.7 Å². The van der Waals surface area contributed by atoms with Crippen molar-refractivity contribution in [3.05, 3.63) is 48.3 Å². The quantitative estimate of drug-likeness (QED) is 0.737. The smallest absolute Gasteiger partial charge is 0.258 e. The molecule has 0 spiro atoms. The maximum absolute atomic E-state index is 13.2. The summed E-state index contributed by atoms with van der Waals surface area (Å²) in [5.74, 6) is 1.46. The van der Waals surface area contributed by atoms with Crippen LogP contribution in [0.3, 0.4) is 0 Å². The highest BCUT2D eigenvalue weighted by Crippen LogP contribution is 2.32. The molecular formula is C16H13FN2O3. The number of halogens is 1. The number of nitrogens with zero attached hydrogens (tertiary/aromatic N) is 2. The first-order valence-corrected chi connectivity index (χ1v) is 6.53. The molecule has 5 nitrogen and oxygen atoms in total. The Morgan fingerprint density at radius 1 is 0.955 bits per heavy atom. The molecule has 0 aliphatic rings. The van der Waals surface area contributed by atoms with Gasteiger partial charge in [0, 0.05) is 11.1 Å². The van der Waals surface area contributed by atoms with Gasteiger partial charge in [-0.15, -0.1) is 0 Å². The van der Waals surface area contributed by atoms with E-state index in [1.807, 2.05) is 0 Å². The molecule has 0 bridgehead atoms. The lowest BCUT2D eigenvalue weighted by Crippen LogP contribution is -1.91. The van der Waals surface area contributed by atoms with E-state index >= 15 is 0 Å². The fourth-order valence-corrected chi connectivity index (χ4v) is 2.05. The summed E-state index contributed by atoms with van der Waals surface area (Å²) in [6.45, 7) is 0. The fraction of sp³-hybridized carbons (Fsp3) is 0.125. The largest absolute Gasteiger partial charge is 0.493 e. The van der Waals surface area contributed by atoms with Gasteiger partial charge in [-0.05, 0) is 36.4 Å². The molecule has 0 N–H and O–H groups in total. The summed E-state index contributed by atoms with van der Waals surface area (Å²) in [4.78, 5) is 4.28. The molecule has 112 valence electrons.